The molecule has 0 saturated heterocycles. The van der Waals surface area contributed by atoms with E-state index in [0.29, 0.717) is 5.92 Å². The zero-order chi connectivity index (χ0) is 14.7. The number of carboxylic acids is 1. The number of benzene rings is 1. The van der Waals surface area contributed by atoms with E-state index in [1.165, 1.54) is 11.1 Å². The van der Waals surface area contributed by atoms with Gasteiger partial charge in [-0.2, -0.15) is 0 Å². The van der Waals surface area contributed by atoms with E-state index < -0.39 is 11.5 Å². The zero-order valence-electron chi connectivity index (χ0n) is 12.4. The molecule has 20 heavy (non-hydrogen) atoms. The van der Waals surface area contributed by atoms with Gasteiger partial charge in [-0.25, -0.2) is 9.78 Å². The maximum absolute atomic E-state index is 11.7. The summed E-state index contributed by atoms with van der Waals surface area (Å²) in [4.78, 5) is 16.4. The van der Waals surface area contributed by atoms with E-state index in [9.17, 15) is 9.90 Å². The maximum atomic E-state index is 11.7. The van der Waals surface area contributed by atoms with Crippen molar-refractivity contribution in [1.29, 1.82) is 0 Å². The van der Waals surface area contributed by atoms with Crippen LogP contribution in [0, 0.1) is 13.8 Å². The summed E-state index contributed by atoms with van der Waals surface area (Å²) in [6, 6.07) is 4.12. The number of hydrogen-bond donors (Lipinski definition) is 1. The van der Waals surface area contributed by atoms with Crippen LogP contribution in [0.1, 0.15) is 49.6 Å². The number of carboxylic acid groups (broad SMARTS) is 1. The Morgan fingerprint density at radius 2 is 1.90 bits per heavy atom. The molecule has 4 heteroatoms. The third kappa shape index (κ3) is 1.82. The average molecular weight is 272 g/mol. The Balaban J connectivity index is 2.34. The first-order chi connectivity index (χ1) is 9.32. The number of aromatic nitrogens is 2. The summed E-state index contributed by atoms with van der Waals surface area (Å²) in [5, 5.41) is 9.57. The molecule has 1 N–H and O–H groups in total. The van der Waals surface area contributed by atoms with Gasteiger partial charge in [-0.1, -0.05) is 0 Å². The first-order valence-corrected chi connectivity index (χ1v) is 7.06. The normalized spacial score (nSPS) is 15.8. The summed E-state index contributed by atoms with van der Waals surface area (Å²) >= 11 is 0. The highest BCUT2D eigenvalue weighted by Crippen LogP contribution is 2.43. The van der Waals surface area contributed by atoms with Gasteiger partial charge in [0.15, 0.2) is 0 Å². The molecule has 1 fully saturated rings. The molecule has 0 unspecified atom stereocenters. The van der Waals surface area contributed by atoms with E-state index in [1.54, 1.807) is 13.8 Å². The number of carbonyl (C=O) groups is 1. The first-order valence-electron chi connectivity index (χ1n) is 7.06. The lowest BCUT2D eigenvalue weighted by atomic mass is 10.0. The second-order valence-corrected chi connectivity index (χ2v) is 6.37. The van der Waals surface area contributed by atoms with Gasteiger partial charge in [0.1, 0.15) is 11.4 Å². The van der Waals surface area contributed by atoms with Crippen molar-refractivity contribution in [2.24, 2.45) is 0 Å². The molecule has 0 atom stereocenters. The highest BCUT2D eigenvalue weighted by Gasteiger charge is 2.38. The third-order valence-electron chi connectivity index (χ3n) is 4.32. The minimum absolute atomic E-state index is 0.418. The Morgan fingerprint density at radius 3 is 2.45 bits per heavy atom. The van der Waals surface area contributed by atoms with Crippen molar-refractivity contribution >= 4 is 17.0 Å². The monoisotopic (exact) mass is 272 g/mol. The molecule has 4 nitrogen and oxygen atoms in total. The molecule has 0 radical (unpaired) electrons. The average Bonchev–Trinajstić information content (AvgIpc) is 3.12. The van der Waals surface area contributed by atoms with E-state index >= 15 is 0 Å². The van der Waals surface area contributed by atoms with Crippen LogP contribution in [0.2, 0.25) is 0 Å². The Morgan fingerprint density at radius 1 is 1.30 bits per heavy atom. The van der Waals surface area contributed by atoms with Crippen molar-refractivity contribution in [2.45, 2.75) is 52.0 Å². The number of hydrogen-bond acceptors (Lipinski definition) is 2. The van der Waals surface area contributed by atoms with Gasteiger partial charge in [0, 0.05) is 5.92 Å². The number of aliphatic carboxylic acids is 1. The smallest absolute Gasteiger partial charge is 0.329 e. The lowest BCUT2D eigenvalue weighted by Gasteiger charge is -2.25. The molecule has 1 aliphatic rings. The highest BCUT2D eigenvalue weighted by molar-refractivity contribution is 5.83. The fourth-order valence-electron chi connectivity index (χ4n) is 2.65. The van der Waals surface area contributed by atoms with Crippen LogP contribution in [0.15, 0.2) is 12.1 Å². The predicted octanol–water partition coefficient (Wildman–Crippen LogP) is 3.35. The minimum Gasteiger partial charge on any atom is -0.480 e. The standard InChI is InChI=1S/C16H20N2O2/c1-9-7-12-13(8-10(9)2)18(16(3,4)15(19)20)14(17-12)11-5-6-11/h7-8,11H,5-6H2,1-4H3,(H,19,20). The summed E-state index contributed by atoms with van der Waals surface area (Å²) in [5.41, 5.74) is 3.22. The lowest BCUT2D eigenvalue weighted by molar-refractivity contribution is -0.145. The van der Waals surface area contributed by atoms with Crippen molar-refractivity contribution < 1.29 is 9.90 Å². The zero-order valence-corrected chi connectivity index (χ0v) is 12.4. The Labute approximate surface area is 118 Å². The second-order valence-electron chi connectivity index (χ2n) is 6.37. The van der Waals surface area contributed by atoms with E-state index in [1.807, 2.05) is 4.57 Å². The van der Waals surface area contributed by atoms with Crippen LogP contribution in [0.3, 0.4) is 0 Å². The van der Waals surface area contributed by atoms with Crippen LogP contribution in [0.4, 0.5) is 0 Å². The van der Waals surface area contributed by atoms with Gasteiger partial charge in [0.25, 0.3) is 0 Å². The Kier molecular flexibility index (Phi) is 2.68. The lowest BCUT2D eigenvalue weighted by Crippen LogP contribution is -2.36. The number of aryl methyl sites for hydroxylation is 2. The largest absolute Gasteiger partial charge is 0.480 e. The van der Waals surface area contributed by atoms with Crippen LogP contribution in [0.25, 0.3) is 11.0 Å². The second kappa shape index (κ2) is 4.08. The van der Waals surface area contributed by atoms with Gasteiger partial charge in [0.05, 0.1) is 11.0 Å². The van der Waals surface area contributed by atoms with E-state index in [2.05, 4.69) is 26.0 Å². The highest BCUT2D eigenvalue weighted by atomic mass is 16.4. The fraction of sp³-hybridized carbons (Fsp3) is 0.500. The molecule has 0 bridgehead atoms. The van der Waals surface area contributed by atoms with Crippen molar-refractivity contribution in [3.05, 3.63) is 29.1 Å². The molecule has 1 aromatic heterocycles. The van der Waals surface area contributed by atoms with Crippen molar-refractivity contribution in [1.82, 2.24) is 9.55 Å². The molecule has 106 valence electrons. The van der Waals surface area contributed by atoms with Gasteiger partial charge < -0.3 is 9.67 Å². The fourth-order valence-corrected chi connectivity index (χ4v) is 2.65. The van der Waals surface area contributed by atoms with Gasteiger partial charge in [0.2, 0.25) is 0 Å². The van der Waals surface area contributed by atoms with Crippen LogP contribution in [0.5, 0.6) is 0 Å². The molecule has 3 rings (SSSR count). The molecular formula is C16H20N2O2. The molecule has 2 aromatic rings. The summed E-state index contributed by atoms with van der Waals surface area (Å²) in [6.07, 6.45) is 2.22. The summed E-state index contributed by atoms with van der Waals surface area (Å²) < 4.78 is 1.93. The Hall–Kier alpha value is -1.84. The molecule has 1 heterocycles. The molecule has 0 spiro atoms. The Bertz CT molecular complexity index is 709. The quantitative estimate of drug-likeness (QED) is 0.932. The van der Waals surface area contributed by atoms with Gasteiger partial charge in [-0.05, 0) is 63.8 Å². The summed E-state index contributed by atoms with van der Waals surface area (Å²) in [6.45, 7) is 7.61. The van der Waals surface area contributed by atoms with Crippen molar-refractivity contribution in [3.63, 3.8) is 0 Å². The predicted molar refractivity (Wildman–Crippen MR) is 78.1 cm³/mol. The van der Waals surface area contributed by atoms with E-state index in [-0.39, 0.29) is 0 Å². The van der Waals surface area contributed by atoms with Crippen LogP contribution in [-0.4, -0.2) is 20.6 Å². The van der Waals surface area contributed by atoms with Gasteiger partial charge in [-0.15, -0.1) is 0 Å². The number of rotatable bonds is 3. The molecule has 0 amide bonds. The van der Waals surface area contributed by atoms with E-state index in [4.69, 9.17) is 4.98 Å². The van der Waals surface area contributed by atoms with Gasteiger partial charge in [-0.3, -0.25) is 0 Å². The number of nitrogens with zero attached hydrogens (tertiary/aromatic N) is 2. The number of imidazole rings is 1. The topological polar surface area (TPSA) is 55.1 Å². The maximum Gasteiger partial charge on any atom is 0.329 e. The van der Waals surface area contributed by atoms with Crippen molar-refractivity contribution in [2.75, 3.05) is 0 Å². The molecule has 1 aromatic carbocycles. The minimum atomic E-state index is -0.978. The molecule has 1 saturated carbocycles. The molecule has 1 aliphatic carbocycles. The molecular weight excluding hydrogens is 252 g/mol. The summed E-state index contributed by atoms with van der Waals surface area (Å²) in [5.74, 6) is 0.524. The van der Waals surface area contributed by atoms with Crippen molar-refractivity contribution in [3.8, 4) is 0 Å². The SMILES string of the molecule is Cc1cc2nc(C3CC3)n(C(C)(C)C(=O)O)c2cc1C. The molecule has 0 aliphatic heterocycles. The van der Waals surface area contributed by atoms with Crippen LogP contribution < -0.4 is 0 Å². The van der Waals surface area contributed by atoms with E-state index in [0.717, 1.165) is 29.7 Å². The first kappa shape index (κ1) is 13.2. The summed E-state index contributed by atoms with van der Waals surface area (Å²) in [7, 11) is 0. The van der Waals surface area contributed by atoms with Crippen LogP contribution >= 0.6 is 0 Å². The van der Waals surface area contributed by atoms with Gasteiger partial charge >= 0.3 is 5.97 Å². The van der Waals surface area contributed by atoms with Crippen LogP contribution in [-0.2, 0) is 10.3 Å². The number of fused-ring (bicyclic) bond motifs is 1. The third-order valence-corrected chi connectivity index (χ3v) is 4.32.